The first-order chi connectivity index (χ1) is 14.6. The van der Waals surface area contributed by atoms with E-state index in [9.17, 15) is 4.79 Å². The molecule has 0 aliphatic carbocycles. The fourth-order valence-electron chi connectivity index (χ4n) is 3.86. The molecule has 30 heavy (non-hydrogen) atoms. The summed E-state index contributed by atoms with van der Waals surface area (Å²) in [6.07, 6.45) is 3.63. The molecule has 0 spiro atoms. The van der Waals surface area contributed by atoms with Crippen LogP contribution in [0.15, 0.2) is 60.8 Å². The van der Waals surface area contributed by atoms with E-state index < -0.39 is 0 Å². The van der Waals surface area contributed by atoms with Crippen LogP contribution in [-0.4, -0.2) is 48.5 Å². The van der Waals surface area contributed by atoms with Crippen molar-refractivity contribution in [1.82, 2.24) is 14.9 Å². The monoisotopic (exact) mass is 402 g/mol. The van der Waals surface area contributed by atoms with Gasteiger partial charge in [0.1, 0.15) is 5.75 Å². The summed E-state index contributed by atoms with van der Waals surface area (Å²) < 4.78 is 5.32. The predicted molar refractivity (Wildman–Crippen MR) is 118 cm³/mol. The van der Waals surface area contributed by atoms with Crippen LogP contribution in [0.1, 0.15) is 34.9 Å². The van der Waals surface area contributed by atoms with Crippen LogP contribution in [0, 0.1) is 0 Å². The number of hydrogen-bond donors (Lipinski definition) is 0. The molecule has 0 radical (unpaired) electrons. The Hall–Kier alpha value is -3.41. The second kappa shape index (κ2) is 8.53. The zero-order valence-electron chi connectivity index (χ0n) is 17.6. The fraction of sp³-hybridized carbons (Fsp3) is 0.292. The number of anilines is 1. The van der Waals surface area contributed by atoms with Gasteiger partial charge in [-0.15, -0.1) is 0 Å². The van der Waals surface area contributed by atoms with Crippen LogP contribution in [0.5, 0.6) is 5.75 Å². The van der Waals surface area contributed by atoms with Crippen LogP contribution in [0.4, 0.5) is 5.69 Å². The lowest BCUT2D eigenvalue weighted by Gasteiger charge is -2.25. The molecule has 1 fully saturated rings. The van der Waals surface area contributed by atoms with E-state index in [2.05, 4.69) is 4.98 Å². The van der Waals surface area contributed by atoms with Crippen molar-refractivity contribution in [2.45, 2.75) is 18.9 Å². The maximum atomic E-state index is 13.3. The van der Waals surface area contributed by atoms with Gasteiger partial charge in [0.2, 0.25) is 0 Å². The minimum absolute atomic E-state index is 0.0442. The Balaban J connectivity index is 1.62. The summed E-state index contributed by atoms with van der Waals surface area (Å²) in [6, 6.07) is 17.3. The zero-order chi connectivity index (χ0) is 21.1. The molecule has 6 heteroatoms. The Morgan fingerprint density at radius 2 is 1.97 bits per heavy atom. The number of nitrogens with zero attached hydrogens (tertiary/aromatic N) is 4. The quantitative estimate of drug-likeness (QED) is 0.640. The first-order valence-corrected chi connectivity index (χ1v) is 10.1. The van der Waals surface area contributed by atoms with Crippen LogP contribution >= 0.6 is 0 Å². The van der Waals surface area contributed by atoms with Crippen molar-refractivity contribution in [2.75, 3.05) is 32.6 Å². The van der Waals surface area contributed by atoms with Gasteiger partial charge in [-0.05, 0) is 49.2 Å². The highest BCUT2D eigenvalue weighted by Gasteiger charge is 2.32. The van der Waals surface area contributed by atoms with Crippen LogP contribution in [-0.2, 0) is 0 Å². The molecule has 4 rings (SSSR count). The lowest BCUT2D eigenvalue weighted by Crippen LogP contribution is -2.31. The van der Waals surface area contributed by atoms with E-state index in [1.807, 2.05) is 78.5 Å². The van der Waals surface area contributed by atoms with Crippen molar-refractivity contribution in [3.8, 4) is 17.1 Å². The average molecular weight is 402 g/mol. The van der Waals surface area contributed by atoms with E-state index in [0.717, 1.165) is 42.1 Å². The summed E-state index contributed by atoms with van der Waals surface area (Å²) in [5, 5.41) is 0. The highest BCUT2D eigenvalue weighted by molar-refractivity contribution is 5.95. The molecule has 1 amide bonds. The Kier molecular flexibility index (Phi) is 5.65. The standard InChI is InChI=1S/C24H26N4O2/c1-27(2)19-9-4-8-18(15-19)24(29)28-14-6-11-22(28)21-12-13-25-23(26-21)17-7-5-10-20(16-17)30-3/h4-5,7-10,12-13,15-16,22H,6,11,14H2,1-3H3/t22-/m1/s1. The molecule has 2 heterocycles. The molecule has 0 bridgehead atoms. The van der Waals surface area contributed by atoms with Gasteiger partial charge in [-0.3, -0.25) is 4.79 Å². The number of aromatic nitrogens is 2. The second-order valence-electron chi connectivity index (χ2n) is 7.64. The Morgan fingerprint density at radius 1 is 1.13 bits per heavy atom. The summed E-state index contributed by atoms with van der Waals surface area (Å²) in [5.41, 5.74) is 3.48. The fourth-order valence-corrected chi connectivity index (χ4v) is 3.86. The second-order valence-corrected chi connectivity index (χ2v) is 7.64. The number of likely N-dealkylation sites (tertiary alicyclic amines) is 1. The van der Waals surface area contributed by atoms with Crippen LogP contribution < -0.4 is 9.64 Å². The first-order valence-electron chi connectivity index (χ1n) is 10.1. The van der Waals surface area contributed by atoms with Gasteiger partial charge >= 0.3 is 0 Å². The molecule has 0 unspecified atom stereocenters. The zero-order valence-corrected chi connectivity index (χ0v) is 17.6. The molecule has 0 N–H and O–H groups in total. The lowest BCUT2D eigenvalue weighted by molar-refractivity contribution is 0.0733. The van der Waals surface area contributed by atoms with Crippen LogP contribution in [0.25, 0.3) is 11.4 Å². The van der Waals surface area contributed by atoms with Crippen molar-refractivity contribution < 1.29 is 9.53 Å². The van der Waals surface area contributed by atoms with Crippen molar-refractivity contribution in [1.29, 1.82) is 0 Å². The SMILES string of the molecule is COc1cccc(-c2nccc([C@H]3CCCN3C(=O)c3cccc(N(C)C)c3)n2)c1. The Morgan fingerprint density at radius 3 is 2.77 bits per heavy atom. The van der Waals surface area contributed by atoms with Crippen molar-refractivity contribution in [2.24, 2.45) is 0 Å². The molecule has 3 aromatic rings. The summed E-state index contributed by atoms with van der Waals surface area (Å²) in [7, 11) is 5.59. The Bertz CT molecular complexity index is 1050. The number of amides is 1. The third kappa shape index (κ3) is 3.99. The summed E-state index contributed by atoms with van der Waals surface area (Å²) in [6.45, 7) is 0.730. The number of ether oxygens (including phenoxy) is 1. The van der Waals surface area contributed by atoms with E-state index in [-0.39, 0.29) is 11.9 Å². The van der Waals surface area contributed by atoms with E-state index in [1.165, 1.54) is 0 Å². The number of benzene rings is 2. The largest absolute Gasteiger partial charge is 0.497 e. The summed E-state index contributed by atoms with van der Waals surface area (Å²) in [4.78, 5) is 26.5. The Labute approximate surface area is 177 Å². The van der Waals surface area contributed by atoms with Gasteiger partial charge in [-0.1, -0.05) is 18.2 Å². The van der Waals surface area contributed by atoms with E-state index in [1.54, 1.807) is 13.3 Å². The number of carbonyl (C=O) groups is 1. The number of rotatable bonds is 5. The van der Waals surface area contributed by atoms with Crippen molar-refractivity contribution in [3.05, 3.63) is 72.1 Å². The van der Waals surface area contributed by atoms with Gasteiger partial charge in [-0.25, -0.2) is 9.97 Å². The molecule has 154 valence electrons. The van der Waals surface area contributed by atoms with Crippen molar-refractivity contribution >= 4 is 11.6 Å². The maximum absolute atomic E-state index is 13.3. The molecular formula is C24H26N4O2. The molecule has 6 nitrogen and oxygen atoms in total. The number of carbonyl (C=O) groups excluding carboxylic acids is 1. The highest BCUT2D eigenvalue weighted by atomic mass is 16.5. The molecule has 1 atom stereocenters. The molecular weight excluding hydrogens is 376 g/mol. The maximum Gasteiger partial charge on any atom is 0.254 e. The van der Waals surface area contributed by atoms with E-state index in [0.29, 0.717) is 11.4 Å². The van der Waals surface area contributed by atoms with Gasteiger partial charge in [0.15, 0.2) is 5.82 Å². The van der Waals surface area contributed by atoms with Crippen molar-refractivity contribution in [3.63, 3.8) is 0 Å². The molecule has 1 aromatic heterocycles. The normalized spacial score (nSPS) is 15.8. The molecule has 2 aromatic carbocycles. The smallest absolute Gasteiger partial charge is 0.254 e. The average Bonchev–Trinajstić information content (AvgIpc) is 3.29. The molecule has 1 aliphatic heterocycles. The number of hydrogen-bond acceptors (Lipinski definition) is 5. The molecule has 0 saturated carbocycles. The predicted octanol–water partition coefficient (Wildman–Crippen LogP) is 4.20. The summed E-state index contributed by atoms with van der Waals surface area (Å²) in [5.74, 6) is 1.45. The lowest BCUT2D eigenvalue weighted by atomic mass is 10.1. The molecule has 1 saturated heterocycles. The molecule has 1 aliphatic rings. The number of methoxy groups -OCH3 is 1. The van der Waals surface area contributed by atoms with E-state index >= 15 is 0 Å². The summed E-state index contributed by atoms with van der Waals surface area (Å²) >= 11 is 0. The van der Waals surface area contributed by atoms with Crippen LogP contribution in [0.2, 0.25) is 0 Å². The van der Waals surface area contributed by atoms with Gasteiger partial charge in [0, 0.05) is 43.7 Å². The van der Waals surface area contributed by atoms with Gasteiger partial charge in [0.25, 0.3) is 5.91 Å². The topological polar surface area (TPSA) is 58.6 Å². The first kappa shape index (κ1) is 19.9. The van der Waals surface area contributed by atoms with Gasteiger partial charge in [-0.2, -0.15) is 0 Å². The third-order valence-electron chi connectivity index (χ3n) is 5.47. The minimum Gasteiger partial charge on any atom is -0.497 e. The minimum atomic E-state index is -0.0483. The van der Waals surface area contributed by atoms with Crippen LogP contribution in [0.3, 0.4) is 0 Å². The van der Waals surface area contributed by atoms with Gasteiger partial charge in [0.05, 0.1) is 18.8 Å². The highest BCUT2D eigenvalue weighted by Crippen LogP contribution is 2.33. The third-order valence-corrected chi connectivity index (χ3v) is 5.47. The van der Waals surface area contributed by atoms with E-state index in [4.69, 9.17) is 9.72 Å². The van der Waals surface area contributed by atoms with Gasteiger partial charge < -0.3 is 14.5 Å².